The van der Waals surface area contributed by atoms with Crippen molar-refractivity contribution in [1.82, 2.24) is 14.5 Å². The zero-order valence-electron chi connectivity index (χ0n) is 16.5. The van der Waals surface area contributed by atoms with E-state index in [-0.39, 0.29) is 22.6 Å². The van der Waals surface area contributed by atoms with Crippen LogP contribution in [0.25, 0.3) is 0 Å². The van der Waals surface area contributed by atoms with Crippen molar-refractivity contribution in [2.75, 3.05) is 26.2 Å². The van der Waals surface area contributed by atoms with Crippen LogP contribution in [0.3, 0.4) is 0 Å². The van der Waals surface area contributed by atoms with Gasteiger partial charge in [0.1, 0.15) is 0 Å². The van der Waals surface area contributed by atoms with Crippen LogP contribution < -0.4 is 5.32 Å². The largest absolute Gasteiger partial charge is 0.350 e. The summed E-state index contributed by atoms with van der Waals surface area (Å²) < 4.78 is 27.1. The smallest absolute Gasteiger partial charge is 0.243 e. The first-order chi connectivity index (χ1) is 13.8. The zero-order chi connectivity index (χ0) is 21.0. The summed E-state index contributed by atoms with van der Waals surface area (Å²) in [5.41, 5.74) is 0.483. The number of carbonyl (C=O) groups excluding carboxylic acids is 2. The molecule has 0 aliphatic carbocycles. The molecule has 1 N–H and O–H groups in total. The van der Waals surface area contributed by atoms with E-state index < -0.39 is 10.0 Å². The van der Waals surface area contributed by atoms with Crippen molar-refractivity contribution in [3.05, 3.63) is 52.2 Å². The summed E-state index contributed by atoms with van der Waals surface area (Å²) in [5.74, 6) is -0.163. The van der Waals surface area contributed by atoms with Crippen LogP contribution in [0.2, 0.25) is 0 Å². The van der Waals surface area contributed by atoms with E-state index >= 15 is 0 Å². The van der Waals surface area contributed by atoms with E-state index in [1.165, 1.54) is 35.5 Å². The lowest BCUT2D eigenvalue weighted by Gasteiger charge is -2.36. The first-order valence-electron chi connectivity index (χ1n) is 9.44. The number of benzene rings is 1. The highest BCUT2D eigenvalue weighted by atomic mass is 32.2. The number of hydrogen-bond acceptors (Lipinski definition) is 6. The predicted octanol–water partition coefficient (Wildman–Crippen LogP) is 1.96. The van der Waals surface area contributed by atoms with Crippen LogP contribution in [0.5, 0.6) is 0 Å². The highest BCUT2D eigenvalue weighted by Gasteiger charge is 2.31. The van der Waals surface area contributed by atoms with Gasteiger partial charge in [-0.25, -0.2) is 8.42 Å². The van der Waals surface area contributed by atoms with Crippen molar-refractivity contribution >= 4 is 33.1 Å². The number of rotatable bonds is 7. The molecule has 1 aromatic heterocycles. The SMILES string of the molecule is CC(=O)c1ccc(S(=O)(=O)N2CCN([C@H](C)C(=O)NCc3cccs3)CC2)cc1. The van der Waals surface area contributed by atoms with Gasteiger partial charge in [-0.1, -0.05) is 18.2 Å². The molecule has 2 heterocycles. The Bertz CT molecular complexity index is 948. The lowest BCUT2D eigenvalue weighted by molar-refractivity contribution is -0.126. The molecule has 1 amide bonds. The molecule has 1 fully saturated rings. The summed E-state index contributed by atoms with van der Waals surface area (Å²) in [7, 11) is -3.62. The maximum Gasteiger partial charge on any atom is 0.243 e. The lowest BCUT2D eigenvalue weighted by atomic mass is 10.2. The Morgan fingerprint density at radius 2 is 1.76 bits per heavy atom. The van der Waals surface area contributed by atoms with Gasteiger partial charge in [0, 0.05) is 36.6 Å². The summed E-state index contributed by atoms with van der Waals surface area (Å²) in [4.78, 5) is 27.1. The average molecular weight is 436 g/mol. The van der Waals surface area contributed by atoms with E-state index in [1.54, 1.807) is 11.3 Å². The number of nitrogens with zero attached hydrogens (tertiary/aromatic N) is 2. The molecule has 0 radical (unpaired) electrons. The minimum atomic E-state index is -3.62. The lowest BCUT2D eigenvalue weighted by Crippen LogP contribution is -2.54. The van der Waals surface area contributed by atoms with Crippen LogP contribution in [0.4, 0.5) is 0 Å². The van der Waals surface area contributed by atoms with Gasteiger partial charge < -0.3 is 5.32 Å². The van der Waals surface area contributed by atoms with E-state index in [2.05, 4.69) is 5.32 Å². The Morgan fingerprint density at radius 3 is 2.31 bits per heavy atom. The molecule has 0 unspecified atom stereocenters. The van der Waals surface area contributed by atoms with Crippen molar-refractivity contribution in [3.8, 4) is 0 Å². The van der Waals surface area contributed by atoms with Gasteiger partial charge in [0.25, 0.3) is 0 Å². The Kier molecular flexibility index (Phi) is 6.84. The van der Waals surface area contributed by atoms with Crippen molar-refractivity contribution in [2.45, 2.75) is 31.3 Å². The number of sulfonamides is 1. The summed E-state index contributed by atoms with van der Waals surface area (Å²) >= 11 is 1.60. The number of thiophene rings is 1. The molecule has 0 bridgehead atoms. The number of amides is 1. The highest BCUT2D eigenvalue weighted by molar-refractivity contribution is 7.89. The van der Waals surface area contributed by atoms with Crippen LogP contribution in [-0.4, -0.2) is 61.5 Å². The molecular formula is C20H25N3O4S2. The monoisotopic (exact) mass is 435 g/mol. The number of ketones is 1. The molecule has 7 nitrogen and oxygen atoms in total. The van der Waals surface area contributed by atoms with Crippen LogP contribution in [-0.2, 0) is 21.4 Å². The van der Waals surface area contributed by atoms with Gasteiger partial charge in [0.15, 0.2) is 5.78 Å². The maximum absolute atomic E-state index is 12.9. The number of nitrogens with one attached hydrogen (secondary N) is 1. The zero-order valence-corrected chi connectivity index (χ0v) is 18.1. The predicted molar refractivity (Wildman–Crippen MR) is 112 cm³/mol. The third-order valence-electron chi connectivity index (χ3n) is 5.12. The number of carbonyl (C=O) groups is 2. The number of piperazine rings is 1. The van der Waals surface area contributed by atoms with E-state index in [0.717, 1.165) is 4.88 Å². The molecule has 3 rings (SSSR count). The van der Waals surface area contributed by atoms with Gasteiger partial charge in [-0.05, 0) is 37.4 Å². The molecular weight excluding hydrogens is 410 g/mol. The Balaban J connectivity index is 1.56. The van der Waals surface area contributed by atoms with Crippen molar-refractivity contribution in [1.29, 1.82) is 0 Å². The van der Waals surface area contributed by atoms with Crippen molar-refractivity contribution in [2.24, 2.45) is 0 Å². The number of Topliss-reactive ketones (excluding diaryl/α,β-unsaturated/α-hetero) is 1. The van der Waals surface area contributed by atoms with Gasteiger partial charge in [0.05, 0.1) is 17.5 Å². The van der Waals surface area contributed by atoms with Gasteiger partial charge >= 0.3 is 0 Å². The topological polar surface area (TPSA) is 86.8 Å². The maximum atomic E-state index is 12.9. The van der Waals surface area contributed by atoms with Gasteiger partial charge in [0.2, 0.25) is 15.9 Å². The summed E-state index contributed by atoms with van der Waals surface area (Å²) in [6.45, 7) is 5.40. The second-order valence-corrected chi connectivity index (χ2v) is 9.96. The molecule has 1 aliphatic heterocycles. The number of hydrogen-bond donors (Lipinski definition) is 1. The molecule has 29 heavy (non-hydrogen) atoms. The minimum absolute atomic E-state index is 0.0606. The first kappa shape index (κ1) is 21.6. The first-order valence-corrected chi connectivity index (χ1v) is 11.8. The molecule has 156 valence electrons. The van der Waals surface area contributed by atoms with Gasteiger partial charge in [-0.3, -0.25) is 14.5 Å². The van der Waals surface area contributed by atoms with E-state index in [0.29, 0.717) is 38.3 Å². The fraction of sp³-hybridized carbons (Fsp3) is 0.400. The molecule has 0 saturated carbocycles. The molecule has 9 heteroatoms. The molecule has 1 saturated heterocycles. The van der Waals surface area contributed by atoms with Crippen LogP contribution in [0.1, 0.15) is 29.1 Å². The molecule has 2 aromatic rings. The Labute approximate surface area is 175 Å². The third-order valence-corrected chi connectivity index (χ3v) is 7.91. The summed E-state index contributed by atoms with van der Waals surface area (Å²) in [6.07, 6.45) is 0. The fourth-order valence-electron chi connectivity index (χ4n) is 3.24. The quantitative estimate of drug-likeness (QED) is 0.672. The highest BCUT2D eigenvalue weighted by Crippen LogP contribution is 2.19. The second kappa shape index (κ2) is 9.17. The molecule has 1 aliphatic rings. The van der Waals surface area contributed by atoms with Crippen molar-refractivity contribution in [3.63, 3.8) is 0 Å². The van der Waals surface area contributed by atoms with E-state index in [1.807, 2.05) is 29.3 Å². The van der Waals surface area contributed by atoms with Crippen LogP contribution in [0, 0.1) is 0 Å². The van der Waals surface area contributed by atoms with Crippen LogP contribution >= 0.6 is 11.3 Å². The molecule has 1 aromatic carbocycles. The van der Waals surface area contributed by atoms with E-state index in [4.69, 9.17) is 0 Å². The molecule has 1 atom stereocenters. The average Bonchev–Trinajstić information content (AvgIpc) is 3.25. The summed E-state index contributed by atoms with van der Waals surface area (Å²) in [6, 6.07) is 9.61. The van der Waals surface area contributed by atoms with Crippen molar-refractivity contribution < 1.29 is 18.0 Å². The van der Waals surface area contributed by atoms with Gasteiger partial charge in [-0.2, -0.15) is 4.31 Å². The van der Waals surface area contributed by atoms with Gasteiger partial charge in [-0.15, -0.1) is 11.3 Å². The third kappa shape index (κ3) is 5.11. The Hall–Kier alpha value is -2.07. The molecule has 0 spiro atoms. The fourth-order valence-corrected chi connectivity index (χ4v) is 5.31. The summed E-state index contributed by atoms with van der Waals surface area (Å²) in [5, 5.41) is 4.90. The van der Waals surface area contributed by atoms with E-state index in [9.17, 15) is 18.0 Å². The standard InChI is InChI=1S/C20H25N3O4S2/c1-15(20(25)21-14-18-4-3-13-28-18)22-9-11-23(12-10-22)29(26,27)19-7-5-17(6-8-19)16(2)24/h3-8,13,15H,9-12,14H2,1-2H3,(H,21,25)/t15-/m1/s1. The second-order valence-electron chi connectivity index (χ2n) is 6.99. The Morgan fingerprint density at radius 1 is 1.10 bits per heavy atom. The minimum Gasteiger partial charge on any atom is -0.350 e. The normalized spacial score (nSPS) is 17.0. The van der Waals surface area contributed by atoms with Crippen LogP contribution in [0.15, 0.2) is 46.7 Å².